The third-order valence-corrected chi connectivity index (χ3v) is 4.89. The maximum absolute atomic E-state index is 10.9. The summed E-state index contributed by atoms with van der Waals surface area (Å²) in [6.07, 6.45) is 3.53. The lowest BCUT2D eigenvalue weighted by atomic mass is 9.82. The summed E-state index contributed by atoms with van der Waals surface area (Å²) >= 11 is 0. The molecule has 0 aliphatic carbocycles. The molecule has 1 unspecified atom stereocenters. The Bertz CT molecular complexity index is 452. The van der Waals surface area contributed by atoms with Crippen LogP contribution in [0.25, 0.3) is 0 Å². The van der Waals surface area contributed by atoms with Gasteiger partial charge in [-0.2, -0.15) is 0 Å². The van der Waals surface area contributed by atoms with Crippen LogP contribution < -0.4 is 0 Å². The molecule has 20 heavy (non-hydrogen) atoms. The molecule has 1 aromatic rings. The Morgan fingerprint density at radius 3 is 2.80 bits per heavy atom. The van der Waals surface area contributed by atoms with E-state index in [0.29, 0.717) is 0 Å². The van der Waals surface area contributed by atoms with Gasteiger partial charge in [-0.1, -0.05) is 31.2 Å². The summed E-state index contributed by atoms with van der Waals surface area (Å²) in [6, 6.07) is 8.51. The fraction of sp³-hybridized carbons (Fsp3) is 0.647. The monoisotopic (exact) mass is 275 g/mol. The van der Waals surface area contributed by atoms with Crippen molar-refractivity contribution in [3.8, 4) is 0 Å². The Kier molecular flexibility index (Phi) is 4.11. The first kappa shape index (κ1) is 14.1. The number of nitrogens with zero attached hydrogens (tertiary/aromatic N) is 1. The summed E-state index contributed by atoms with van der Waals surface area (Å²) in [5.74, 6) is 0. The van der Waals surface area contributed by atoms with E-state index in [1.807, 2.05) is 0 Å². The molecule has 110 valence electrons. The first-order chi connectivity index (χ1) is 9.70. The molecule has 0 amide bonds. The van der Waals surface area contributed by atoms with E-state index in [1.54, 1.807) is 0 Å². The van der Waals surface area contributed by atoms with Crippen molar-refractivity contribution in [2.75, 3.05) is 26.2 Å². The van der Waals surface area contributed by atoms with Crippen molar-refractivity contribution >= 4 is 0 Å². The van der Waals surface area contributed by atoms with Gasteiger partial charge in [-0.3, -0.25) is 0 Å². The molecule has 0 bridgehead atoms. The van der Waals surface area contributed by atoms with Crippen LogP contribution in [0.2, 0.25) is 0 Å². The number of benzene rings is 1. The zero-order valence-electron chi connectivity index (χ0n) is 12.3. The smallest absolute Gasteiger partial charge is 0.0855 e. The largest absolute Gasteiger partial charge is 0.390 e. The van der Waals surface area contributed by atoms with Crippen LogP contribution >= 0.6 is 0 Å². The highest BCUT2D eigenvalue weighted by atomic mass is 16.5. The maximum atomic E-state index is 10.9. The van der Waals surface area contributed by atoms with E-state index in [0.717, 1.165) is 51.9 Å². The van der Waals surface area contributed by atoms with Gasteiger partial charge in [-0.15, -0.1) is 0 Å². The summed E-state index contributed by atoms with van der Waals surface area (Å²) in [5.41, 5.74) is 2.12. The third kappa shape index (κ3) is 2.90. The number of rotatable bonds is 3. The highest BCUT2D eigenvalue weighted by Gasteiger charge is 2.36. The highest BCUT2D eigenvalue weighted by Crippen LogP contribution is 2.37. The fourth-order valence-corrected chi connectivity index (χ4v) is 3.48. The molecule has 1 N–H and O–H groups in total. The average Bonchev–Trinajstić information content (AvgIpc) is 2.48. The van der Waals surface area contributed by atoms with Crippen LogP contribution in [-0.4, -0.2) is 41.8 Å². The minimum Gasteiger partial charge on any atom is -0.390 e. The van der Waals surface area contributed by atoms with Crippen molar-refractivity contribution in [3.05, 3.63) is 35.4 Å². The van der Waals surface area contributed by atoms with Crippen molar-refractivity contribution in [3.63, 3.8) is 0 Å². The summed E-state index contributed by atoms with van der Waals surface area (Å²) in [7, 11) is 0. The van der Waals surface area contributed by atoms with Crippen molar-refractivity contribution in [2.24, 2.45) is 0 Å². The molecule has 0 spiro atoms. The van der Waals surface area contributed by atoms with E-state index in [2.05, 4.69) is 36.1 Å². The lowest BCUT2D eigenvalue weighted by Gasteiger charge is -2.40. The Labute approximate surface area is 121 Å². The lowest BCUT2D eigenvalue weighted by molar-refractivity contribution is -0.0752. The number of aliphatic hydroxyl groups is 1. The molecule has 2 aliphatic heterocycles. The van der Waals surface area contributed by atoms with Crippen molar-refractivity contribution < 1.29 is 9.84 Å². The number of hydrogen-bond donors (Lipinski definition) is 1. The molecule has 2 heterocycles. The van der Waals surface area contributed by atoms with E-state index in [9.17, 15) is 5.11 Å². The van der Waals surface area contributed by atoms with Gasteiger partial charge in [0.05, 0.1) is 18.3 Å². The normalized spacial score (nSPS) is 26.2. The molecule has 1 saturated heterocycles. The topological polar surface area (TPSA) is 32.7 Å². The number of ether oxygens (including phenoxy) is 1. The summed E-state index contributed by atoms with van der Waals surface area (Å²) in [5, 5.41) is 10.9. The Hall–Kier alpha value is -0.900. The first-order valence-electron chi connectivity index (χ1n) is 7.84. The van der Waals surface area contributed by atoms with E-state index in [1.165, 1.54) is 11.1 Å². The van der Waals surface area contributed by atoms with Gasteiger partial charge in [0.1, 0.15) is 0 Å². The number of likely N-dealkylation sites (tertiary alicyclic amines) is 1. The SMILES string of the molecule is CCN1CCC(O)(CC2OCCc3ccccc32)CC1. The Morgan fingerprint density at radius 2 is 2.05 bits per heavy atom. The van der Waals surface area contributed by atoms with E-state index in [-0.39, 0.29) is 6.10 Å². The van der Waals surface area contributed by atoms with Crippen molar-refractivity contribution in [1.29, 1.82) is 0 Å². The Morgan fingerprint density at radius 1 is 1.30 bits per heavy atom. The Balaban J connectivity index is 1.69. The van der Waals surface area contributed by atoms with Crippen molar-refractivity contribution in [1.82, 2.24) is 4.90 Å². The van der Waals surface area contributed by atoms with Gasteiger partial charge >= 0.3 is 0 Å². The van der Waals surface area contributed by atoms with Gasteiger partial charge < -0.3 is 14.7 Å². The number of hydrogen-bond acceptors (Lipinski definition) is 3. The predicted octanol–water partition coefficient (Wildman–Crippen LogP) is 2.54. The van der Waals surface area contributed by atoms with Gasteiger partial charge in [-0.05, 0) is 36.9 Å². The van der Waals surface area contributed by atoms with Crippen LogP contribution in [0, 0.1) is 0 Å². The lowest BCUT2D eigenvalue weighted by Crippen LogP contribution is -2.45. The fourth-order valence-electron chi connectivity index (χ4n) is 3.48. The van der Waals surface area contributed by atoms with E-state index < -0.39 is 5.60 Å². The predicted molar refractivity (Wildman–Crippen MR) is 79.8 cm³/mol. The summed E-state index contributed by atoms with van der Waals surface area (Å²) in [6.45, 7) is 6.05. The zero-order chi connectivity index (χ0) is 14.0. The van der Waals surface area contributed by atoms with Crippen molar-refractivity contribution in [2.45, 2.75) is 44.3 Å². The molecule has 1 aromatic carbocycles. The van der Waals surface area contributed by atoms with Gasteiger partial charge in [-0.25, -0.2) is 0 Å². The molecule has 0 saturated carbocycles. The van der Waals surface area contributed by atoms with Gasteiger partial charge in [0.25, 0.3) is 0 Å². The number of piperidine rings is 1. The van der Waals surface area contributed by atoms with Gasteiger partial charge in [0.15, 0.2) is 0 Å². The second-order valence-electron chi connectivity index (χ2n) is 6.17. The quantitative estimate of drug-likeness (QED) is 0.920. The average molecular weight is 275 g/mol. The zero-order valence-corrected chi connectivity index (χ0v) is 12.3. The van der Waals surface area contributed by atoms with Gasteiger partial charge in [0, 0.05) is 19.5 Å². The maximum Gasteiger partial charge on any atom is 0.0855 e. The summed E-state index contributed by atoms with van der Waals surface area (Å²) in [4.78, 5) is 2.41. The number of fused-ring (bicyclic) bond motifs is 1. The second kappa shape index (κ2) is 5.84. The molecular formula is C17H25NO2. The molecule has 1 atom stereocenters. The molecule has 1 fully saturated rings. The van der Waals surface area contributed by atoms with Crippen LogP contribution in [0.5, 0.6) is 0 Å². The van der Waals surface area contributed by atoms with Gasteiger partial charge in [0.2, 0.25) is 0 Å². The van der Waals surface area contributed by atoms with Crippen LogP contribution in [0.15, 0.2) is 24.3 Å². The minimum absolute atomic E-state index is 0.0677. The van der Waals surface area contributed by atoms with Crippen LogP contribution in [0.4, 0.5) is 0 Å². The highest BCUT2D eigenvalue weighted by molar-refractivity contribution is 5.31. The molecule has 0 aromatic heterocycles. The third-order valence-electron chi connectivity index (χ3n) is 4.89. The standard InChI is InChI=1S/C17H25NO2/c1-2-18-10-8-17(19,9-11-18)13-16-15-6-4-3-5-14(15)7-12-20-16/h3-6,16,19H,2,7-13H2,1H3. The second-order valence-corrected chi connectivity index (χ2v) is 6.17. The van der Waals surface area contributed by atoms with Crippen LogP contribution in [0.1, 0.15) is 43.4 Å². The minimum atomic E-state index is -0.555. The summed E-state index contributed by atoms with van der Waals surface area (Å²) < 4.78 is 5.95. The van der Waals surface area contributed by atoms with Crippen LogP contribution in [-0.2, 0) is 11.2 Å². The molecule has 0 radical (unpaired) electrons. The molecule has 3 heteroatoms. The van der Waals surface area contributed by atoms with E-state index in [4.69, 9.17) is 4.74 Å². The molecule has 2 aliphatic rings. The van der Waals surface area contributed by atoms with E-state index >= 15 is 0 Å². The molecule has 3 rings (SSSR count). The first-order valence-corrected chi connectivity index (χ1v) is 7.84. The molecular weight excluding hydrogens is 250 g/mol. The van der Waals surface area contributed by atoms with Crippen LogP contribution in [0.3, 0.4) is 0 Å². The molecule has 3 nitrogen and oxygen atoms in total.